The van der Waals surface area contributed by atoms with Gasteiger partial charge in [-0.1, -0.05) is 16.8 Å². The van der Waals surface area contributed by atoms with Crippen molar-refractivity contribution in [3.8, 4) is 28.6 Å². The van der Waals surface area contributed by atoms with E-state index < -0.39 is 0 Å². The summed E-state index contributed by atoms with van der Waals surface area (Å²) < 4.78 is 12.2. The van der Waals surface area contributed by atoms with Crippen molar-refractivity contribution in [2.75, 3.05) is 12.8 Å². The lowest BCUT2D eigenvalue weighted by molar-refractivity contribution is 0.405. The molecule has 3 rings (SSSR count). The quantitative estimate of drug-likeness (QED) is 0.747. The van der Waals surface area contributed by atoms with Crippen LogP contribution in [-0.2, 0) is 7.05 Å². The maximum atomic E-state index is 6.04. The Bertz CT molecular complexity index is 796. The van der Waals surface area contributed by atoms with Crippen molar-refractivity contribution in [3.05, 3.63) is 29.5 Å². The molecule has 0 amide bonds. The van der Waals surface area contributed by atoms with Crippen LogP contribution in [0.3, 0.4) is 0 Å². The van der Waals surface area contributed by atoms with Crippen LogP contribution < -0.4 is 10.5 Å². The lowest BCUT2D eigenvalue weighted by Gasteiger charge is -2.07. The molecule has 0 radical (unpaired) electrons. The molecule has 0 aliphatic heterocycles. The fourth-order valence-corrected chi connectivity index (χ4v) is 2.06. The zero-order chi connectivity index (χ0) is 15.0. The monoisotopic (exact) mass is 305 g/mol. The number of nitrogens with zero attached hydrogens (tertiary/aromatic N) is 4. The molecule has 0 spiro atoms. The zero-order valence-electron chi connectivity index (χ0n) is 11.4. The highest BCUT2D eigenvalue weighted by Gasteiger charge is 2.17. The van der Waals surface area contributed by atoms with Gasteiger partial charge in [0, 0.05) is 19.3 Å². The number of hydrogen-bond donors (Lipinski definition) is 1. The third-order valence-electron chi connectivity index (χ3n) is 2.94. The van der Waals surface area contributed by atoms with Crippen molar-refractivity contribution in [2.45, 2.75) is 0 Å². The van der Waals surface area contributed by atoms with Gasteiger partial charge in [0.05, 0.1) is 35.1 Å². The molecule has 0 unspecified atom stereocenters. The molecule has 1 aromatic carbocycles. The van der Waals surface area contributed by atoms with E-state index in [0.717, 1.165) is 5.56 Å². The number of ether oxygens (including phenoxy) is 1. The summed E-state index contributed by atoms with van der Waals surface area (Å²) in [6, 6.07) is 3.25. The highest BCUT2D eigenvalue weighted by Crippen LogP contribution is 2.35. The molecule has 3 aromatic rings. The Labute approximate surface area is 125 Å². The number of aromatic nitrogens is 4. The lowest BCUT2D eigenvalue weighted by atomic mass is 10.2. The minimum absolute atomic E-state index is 0.299. The predicted octanol–water partition coefficient (Wildman–Crippen LogP) is 2.38. The fraction of sp³-hybridized carbons (Fsp3) is 0.154. The van der Waals surface area contributed by atoms with E-state index in [1.165, 1.54) is 7.11 Å². The first kappa shape index (κ1) is 13.4. The molecule has 0 aliphatic rings. The Morgan fingerprint density at radius 1 is 1.38 bits per heavy atom. The second-order valence-corrected chi connectivity index (χ2v) is 4.81. The van der Waals surface area contributed by atoms with E-state index in [0.29, 0.717) is 33.7 Å². The lowest BCUT2D eigenvalue weighted by Crippen LogP contribution is -1.93. The van der Waals surface area contributed by atoms with E-state index in [-0.39, 0.29) is 0 Å². The van der Waals surface area contributed by atoms with Gasteiger partial charge in [-0.3, -0.25) is 4.68 Å². The van der Waals surface area contributed by atoms with Crippen LogP contribution in [0.1, 0.15) is 0 Å². The number of benzene rings is 1. The van der Waals surface area contributed by atoms with Gasteiger partial charge in [-0.25, -0.2) is 0 Å². The van der Waals surface area contributed by atoms with E-state index >= 15 is 0 Å². The normalized spacial score (nSPS) is 10.8. The van der Waals surface area contributed by atoms with Gasteiger partial charge in [0.25, 0.3) is 5.89 Å². The molecule has 108 valence electrons. The number of halogens is 1. The van der Waals surface area contributed by atoms with Crippen LogP contribution in [0, 0.1) is 0 Å². The van der Waals surface area contributed by atoms with Gasteiger partial charge in [0.1, 0.15) is 5.75 Å². The molecule has 0 bridgehead atoms. The zero-order valence-corrected chi connectivity index (χ0v) is 12.1. The van der Waals surface area contributed by atoms with E-state index in [2.05, 4.69) is 15.2 Å². The SMILES string of the molecule is COc1cc(N)c(Cl)cc1-c1nc(-c2cnn(C)c2)no1. The smallest absolute Gasteiger partial charge is 0.262 e. The van der Waals surface area contributed by atoms with E-state index in [1.807, 2.05) is 7.05 Å². The molecule has 21 heavy (non-hydrogen) atoms. The number of rotatable bonds is 3. The second kappa shape index (κ2) is 5.10. The third kappa shape index (κ3) is 2.43. The molecule has 0 saturated carbocycles. The van der Waals surface area contributed by atoms with E-state index in [4.69, 9.17) is 26.6 Å². The summed E-state index contributed by atoms with van der Waals surface area (Å²) in [6.07, 6.45) is 3.45. The summed E-state index contributed by atoms with van der Waals surface area (Å²) in [5.74, 6) is 1.25. The Kier molecular flexibility index (Phi) is 3.26. The largest absolute Gasteiger partial charge is 0.496 e. The molecule has 0 atom stereocenters. The highest BCUT2D eigenvalue weighted by molar-refractivity contribution is 6.33. The molecule has 2 N–H and O–H groups in total. The summed E-state index contributed by atoms with van der Waals surface area (Å²) in [7, 11) is 3.35. The summed E-state index contributed by atoms with van der Waals surface area (Å²) >= 11 is 6.04. The summed E-state index contributed by atoms with van der Waals surface area (Å²) in [5.41, 5.74) is 7.51. The number of nitrogen functional groups attached to an aromatic ring is 1. The van der Waals surface area contributed by atoms with Gasteiger partial charge >= 0.3 is 0 Å². The minimum atomic E-state index is 0.299. The average molecular weight is 306 g/mol. The van der Waals surface area contributed by atoms with Crippen molar-refractivity contribution in [1.82, 2.24) is 19.9 Å². The van der Waals surface area contributed by atoms with Crippen LogP contribution in [0.2, 0.25) is 5.02 Å². The van der Waals surface area contributed by atoms with Gasteiger partial charge < -0.3 is 15.0 Å². The van der Waals surface area contributed by atoms with Crippen molar-refractivity contribution in [3.63, 3.8) is 0 Å². The molecule has 2 aromatic heterocycles. The van der Waals surface area contributed by atoms with Gasteiger partial charge in [-0.05, 0) is 6.07 Å². The highest BCUT2D eigenvalue weighted by atomic mass is 35.5. The van der Waals surface area contributed by atoms with E-state index in [1.54, 1.807) is 29.2 Å². The first-order valence-electron chi connectivity index (χ1n) is 6.04. The average Bonchev–Trinajstić information content (AvgIpc) is 3.10. The van der Waals surface area contributed by atoms with Crippen molar-refractivity contribution >= 4 is 17.3 Å². The van der Waals surface area contributed by atoms with Crippen LogP contribution in [0.4, 0.5) is 5.69 Å². The molecule has 2 heterocycles. The van der Waals surface area contributed by atoms with Gasteiger partial charge in [0.2, 0.25) is 5.82 Å². The van der Waals surface area contributed by atoms with Crippen LogP contribution in [0.25, 0.3) is 22.8 Å². The van der Waals surface area contributed by atoms with Crippen LogP contribution in [0.15, 0.2) is 29.0 Å². The van der Waals surface area contributed by atoms with Gasteiger partial charge in [-0.2, -0.15) is 10.1 Å². The number of nitrogens with two attached hydrogens (primary N) is 1. The second-order valence-electron chi connectivity index (χ2n) is 4.40. The van der Waals surface area contributed by atoms with Crippen molar-refractivity contribution in [1.29, 1.82) is 0 Å². The fourth-order valence-electron chi connectivity index (χ4n) is 1.89. The summed E-state index contributed by atoms with van der Waals surface area (Å²) in [5, 5.41) is 8.40. The number of methoxy groups -OCH3 is 1. The molecule has 0 fully saturated rings. The predicted molar refractivity (Wildman–Crippen MR) is 77.9 cm³/mol. The van der Waals surface area contributed by atoms with Crippen LogP contribution >= 0.6 is 11.6 Å². The number of aryl methyl sites for hydroxylation is 1. The van der Waals surface area contributed by atoms with Gasteiger partial charge in [0.15, 0.2) is 0 Å². The van der Waals surface area contributed by atoms with Crippen LogP contribution in [-0.4, -0.2) is 27.0 Å². The molecule has 7 nitrogen and oxygen atoms in total. The maximum Gasteiger partial charge on any atom is 0.262 e. The minimum Gasteiger partial charge on any atom is -0.496 e. The van der Waals surface area contributed by atoms with Crippen molar-refractivity contribution < 1.29 is 9.26 Å². The molecule has 0 aliphatic carbocycles. The van der Waals surface area contributed by atoms with Gasteiger partial charge in [-0.15, -0.1) is 0 Å². The Morgan fingerprint density at radius 3 is 2.86 bits per heavy atom. The first-order valence-corrected chi connectivity index (χ1v) is 6.42. The molecule has 8 heteroatoms. The third-order valence-corrected chi connectivity index (χ3v) is 3.27. The van der Waals surface area contributed by atoms with E-state index in [9.17, 15) is 0 Å². The summed E-state index contributed by atoms with van der Waals surface area (Å²) in [6.45, 7) is 0. The Hall–Kier alpha value is -2.54. The maximum absolute atomic E-state index is 6.04. The van der Waals surface area contributed by atoms with Crippen molar-refractivity contribution in [2.24, 2.45) is 7.05 Å². The first-order chi connectivity index (χ1) is 10.1. The van der Waals surface area contributed by atoms with Crippen LogP contribution in [0.5, 0.6) is 5.75 Å². The number of anilines is 1. The topological polar surface area (TPSA) is 92.0 Å². The molecule has 0 saturated heterocycles. The molecular formula is C13H12ClN5O2. The number of hydrogen-bond acceptors (Lipinski definition) is 6. The molecular weight excluding hydrogens is 294 g/mol. The summed E-state index contributed by atoms with van der Waals surface area (Å²) in [4.78, 5) is 4.33. The standard InChI is InChI=1S/C13H12ClN5O2/c1-19-6-7(5-16-19)12-17-13(21-18-12)8-3-9(14)10(15)4-11(8)20-2/h3-6H,15H2,1-2H3. The Balaban J connectivity index is 2.06. The Morgan fingerprint density at radius 2 is 2.19 bits per heavy atom.